The first-order valence-corrected chi connectivity index (χ1v) is 6.98. The third-order valence-corrected chi connectivity index (χ3v) is 3.88. The van der Waals surface area contributed by atoms with E-state index in [4.69, 9.17) is 28.9 Å². The number of aliphatic hydroxyl groups is 1. The maximum Gasteiger partial charge on any atom is 0.145 e. The van der Waals surface area contributed by atoms with Gasteiger partial charge < -0.3 is 10.8 Å². The van der Waals surface area contributed by atoms with Gasteiger partial charge in [-0.2, -0.15) is 0 Å². The van der Waals surface area contributed by atoms with Gasteiger partial charge in [-0.15, -0.1) is 0 Å². The fourth-order valence-electron chi connectivity index (χ4n) is 2.16. The summed E-state index contributed by atoms with van der Waals surface area (Å²) in [7, 11) is 0. The van der Waals surface area contributed by atoms with E-state index >= 15 is 0 Å². The molecule has 3 N–H and O–H groups in total. The average molecular weight is 332 g/mol. The zero-order valence-corrected chi connectivity index (χ0v) is 12.4. The van der Waals surface area contributed by atoms with Crippen LogP contribution in [-0.2, 0) is 0 Å². The monoisotopic (exact) mass is 331 g/mol. The van der Waals surface area contributed by atoms with Crippen LogP contribution < -0.4 is 5.73 Å². The Morgan fingerprint density at radius 1 is 1.10 bits per heavy atom. The lowest BCUT2D eigenvalue weighted by Gasteiger charge is -2.23. The smallest absolute Gasteiger partial charge is 0.145 e. The standard InChI is InChI=1S/C15H13Cl2F2NO/c16-11-3-1-2-9(14(11)19)10(7-20)15(21)8-4-5-13(18)12(17)6-8/h1-6,10,15,21H,7,20H2. The van der Waals surface area contributed by atoms with Crippen LogP contribution in [0.2, 0.25) is 10.0 Å². The van der Waals surface area contributed by atoms with Crippen molar-refractivity contribution >= 4 is 23.2 Å². The van der Waals surface area contributed by atoms with Gasteiger partial charge in [0, 0.05) is 12.5 Å². The fourth-order valence-corrected chi connectivity index (χ4v) is 2.53. The number of hydrogen-bond acceptors (Lipinski definition) is 2. The number of nitrogens with two attached hydrogens (primary N) is 1. The van der Waals surface area contributed by atoms with Crippen LogP contribution in [0.5, 0.6) is 0 Å². The molecule has 0 heterocycles. The Morgan fingerprint density at radius 2 is 1.81 bits per heavy atom. The van der Waals surface area contributed by atoms with Gasteiger partial charge in [0.15, 0.2) is 0 Å². The van der Waals surface area contributed by atoms with Crippen molar-refractivity contribution in [1.29, 1.82) is 0 Å². The molecule has 0 amide bonds. The number of benzene rings is 2. The Bertz CT molecular complexity index is 652. The van der Waals surface area contributed by atoms with E-state index in [-0.39, 0.29) is 22.2 Å². The van der Waals surface area contributed by atoms with E-state index < -0.39 is 23.7 Å². The molecule has 2 atom stereocenters. The molecule has 0 radical (unpaired) electrons. The summed E-state index contributed by atoms with van der Waals surface area (Å²) in [5, 5.41) is 10.2. The minimum Gasteiger partial charge on any atom is -0.388 e. The van der Waals surface area contributed by atoms with Crippen molar-refractivity contribution in [2.75, 3.05) is 6.54 Å². The highest BCUT2D eigenvalue weighted by Crippen LogP contribution is 2.34. The van der Waals surface area contributed by atoms with Crippen LogP contribution in [0.25, 0.3) is 0 Å². The number of rotatable bonds is 4. The Hall–Kier alpha value is -1.20. The molecule has 0 aliphatic heterocycles. The molecule has 0 saturated carbocycles. The van der Waals surface area contributed by atoms with E-state index in [0.29, 0.717) is 5.56 Å². The second-order valence-electron chi connectivity index (χ2n) is 4.60. The molecule has 2 nitrogen and oxygen atoms in total. The largest absolute Gasteiger partial charge is 0.388 e. The normalized spacial score (nSPS) is 14.0. The molecule has 2 aromatic rings. The third kappa shape index (κ3) is 3.35. The van der Waals surface area contributed by atoms with E-state index in [2.05, 4.69) is 0 Å². The van der Waals surface area contributed by atoms with Crippen molar-refractivity contribution in [2.24, 2.45) is 5.73 Å². The van der Waals surface area contributed by atoms with Crippen molar-refractivity contribution in [3.05, 3.63) is 69.2 Å². The molecular weight excluding hydrogens is 319 g/mol. The molecule has 6 heteroatoms. The molecule has 0 aliphatic carbocycles. The van der Waals surface area contributed by atoms with Crippen LogP contribution in [0.4, 0.5) is 8.78 Å². The van der Waals surface area contributed by atoms with Crippen molar-refractivity contribution in [3.8, 4) is 0 Å². The maximum atomic E-state index is 14.1. The molecule has 0 aliphatic rings. The molecule has 0 fully saturated rings. The lowest BCUT2D eigenvalue weighted by atomic mass is 9.89. The second-order valence-corrected chi connectivity index (χ2v) is 5.42. The fraction of sp³-hybridized carbons (Fsp3) is 0.200. The van der Waals surface area contributed by atoms with Gasteiger partial charge in [-0.3, -0.25) is 0 Å². The maximum absolute atomic E-state index is 14.1. The van der Waals surface area contributed by atoms with Crippen molar-refractivity contribution < 1.29 is 13.9 Å². The minimum absolute atomic E-state index is 0.00652. The van der Waals surface area contributed by atoms with Crippen molar-refractivity contribution in [1.82, 2.24) is 0 Å². The molecule has 0 saturated heterocycles. The molecule has 0 aromatic heterocycles. The van der Waals surface area contributed by atoms with Crippen LogP contribution in [0.15, 0.2) is 36.4 Å². The van der Waals surface area contributed by atoms with Gasteiger partial charge in [-0.1, -0.05) is 41.4 Å². The molecule has 2 aromatic carbocycles. The summed E-state index contributed by atoms with van der Waals surface area (Å²) in [4.78, 5) is 0. The summed E-state index contributed by atoms with van der Waals surface area (Å²) in [6, 6.07) is 8.32. The Kier molecular flexibility index (Phi) is 5.17. The summed E-state index contributed by atoms with van der Waals surface area (Å²) in [6.07, 6.45) is -1.12. The first kappa shape index (κ1) is 16.2. The van der Waals surface area contributed by atoms with Gasteiger partial charge >= 0.3 is 0 Å². The summed E-state index contributed by atoms with van der Waals surface area (Å²) in [5.74, 6) is -1.93. The zero-order chi connectivity index (χ0) is 15.6. The SMILES string of the molecule is NCC(c1cccc(Cl)c1F)C(O)c1ccc(F)c(Cl)c1. The molecule has 21 heavy (non-hydrogen) atoms. The predicted octanol–water partition coefficient (Wildman–Crippen LogP) is 4.05. The van der Waals surface area contributed by atoms with E-state index in [0.717, 1.165) is 6.07 Å². The lowest BCUT2D eigenvalue weighted by molar-refractivity contribution is 0.145. The Morgan fingerprint density at radius 3 is 2.43 bits per heavy atom. The van der Waals surface area contributed by atoms with Gasteiger partial charge in [-0.05, 0) is 29.3 Å². The lowest BCUT2D eigenvalue weighted by Crippen LogP contribution is -2.21. The molecule has 0 bridgehead atoms. The summed E-state index contributed by atoms with van der Waals surface area (Å²) >= 11 is 11.4. The first-order chi connectivity index (χ1) is 9.95. The van der Waals surface area contributed by atoms with Crippen LogP contribution >= 0.6 is 23.2 Å². The first-order valence-electron chi connectivity index (χ1n) is 6.22. The third-order valence-electron chi connectivity index (χ3n) is 3.30. The predicted molar refractivity (Wildman–Crippen MR) is 79.6 cm³/mol. The Balaban J connectivity index is 2.40. The van der Waals surface area contributed by atoms with Gasteiger partial charge in [0.25, 0.3) is 0 Å². The summed E-state index contributed by atoms with van der Waals surface area (Å²) in [6.45, 7) is -0.00652. The second kappa shape index (κ2) is 6.71. The summed E-state index contributed by atoms with van der Waals surface area (Å²) in [5.41, 5.74) is 6.22. The van der Waals surface area contributed by atoms with Crippen LogP contribution in [0, 0.1) is 11.6 Å². The quantitative estimate of drug-likeness (QED) is 0.887. The highest BCUT2D eigenvalue weighted by molar-refractivity contribution is 6.31. The van der Waals surface area contributed by atoms with Crippen molar-refractivity contribution in [2.45, 2.75) is 12.0 Å². The van der Waals surface area contributed by atoms with Gasteiger partial charge in [0.05, 0.1) is 16.1 Å². The van der Waals surface area contributed by atoms with Crippen LogP contribution in [-0.4, -0.2) is 11.7 Å². The minimum atomic E-state index is -1.12. The van der Waals surface area contributed by atoms with Crippen LogP contribution in [0.3, 0.4) is 0 Å². The van der Waals surface area contributed by atoms with Crippen LogP contribution in [0.1, 0.15) is 23.1 Å². The van der Waals surface area contributed by atoms with E-state index in [1.165, 1.54) is 24.3 Å². The topological polar surface area (TPSA) is 46.2 Å². The highest BCUT2D eigenvalue weighted by Gasteiger charge is 2.25. The van der Waals surface area contributed by atoms with Gasteiger partial charge in [-0.25, -0.2) is 8.78 Å². The average Bonchev–Trinajstić information content (AvgIpc) is 2.47. The Labute approximate surface area is 131 Å². The van der Waals surface area contributed by atoms with E-state index in [1.54, 1.807) is 6.07 Å². The highest BCUT2D eigenvalue weighted by atomic mass is 35.5. The molecule has 2 unspecified atom stereocenters. The number of hydrogen-bond donors (Lipinski definition) is 2. The molecular formula is C15H13Cl2F2NO. The van der Waals surface area contributed by atoms with Gasteiger partial charge in [0.2, 0.25) is 0 Å². The molecule has 2 rings (SSSR count). The number of halogens is 4. The zero-order valence-electron chi connectivity index (χ0n) is 10.9. The van der Waals surface area contributed by atoms with Crippen molar-refractivity contribution in [3.63, 3.8) is 0 Å². The van der Waals surface area contributed by atoms with E-state index in [1.807, 2.05) is 0 Å². The molecule has 112 valence electrons. The van der Waals surface area contributed by atoms with E-state index in [9.17, 15) is 13.9 Å². The number of aliphatic hydroxyl groups excluding tert-OH is 1. The van der Waals surface area contributed by atoms with Gasteiger partial charge in [0.1, 0.15) is 11.6 Å². The molecule has 0 spiro atoms. The summed E-state index contributed by atoms with van der Waals surface area (Å²) < 4.78 is 27.2.